The summed E-state index contributed by atoms with van der Waals surface area (Å²) in [5.41, 5.74) is 3.14. The summed E-state index contributed by atoms with van der Waals surface area (Å²) in [6.07, 6.45) is 1.68. The van der Waals surface area contributed by atoms with E-state index in [-0.39, 0.29) is 18.3 Å². The number of amidine groups is 1. The zero-order chi connectivity index (χ0) is 25.6. The fourth-order valence-corrected chi connectivity index (χ4v) is 4.87. The number of thioether (sulfide) groups is 1. The smallest absolute Gasteiger partial charge is 0.270 e. The Balaban J connectivity index is 1.55. The molecule has 0 saturated carbocycles. The van der Waals surface area contributed by atoms with Crippen LogP contribution in [-0.2, 0) is 4.79 Å². The standard InChI is InChI=1S/C29H22N4O3S/c34-28-27(20-22-11-10-18-26(19-22)33(35)36)37-29(30-23-12-4-1-5-13-23)32(28)21-31(24-14-6-2-7-15-24)25-16-8-3-9-17-25/h1-20H,21H2/b27-20-,30-29?. The third-order valence-electron chi connectivity index (χ3n) is 5.67. The molecule has 1 heterocycles. The lowest BCUT2D eigenvalue weighted by molar-refractivity contribution is -0.384. The summed E-state index contributed by atoms with van der Waals surface area (Å²) in [6, 6.07) is 35.4. The van der Waals surface area contributed by atoms with E-state index in [0.717, 1.165) is 17.1 Å². The molecule has 37 heavy (non-hydrogen) atoms. The van der Waals surface area contributed by atoms with Crippen LogP contribution in [0.3, 0.4) is 0 Å². The molecule has 182 valence electrons. The van der Waals surface area contributed by atoms with E-state index in [1.807, 2.05) is 91.0 Å². The first-order valence-electron chi connectivity index (χ1n) is 11.6. The highest BCUT2D eigenvalue weighted by atomic mass is 32.2. The number of para-hydroxylation sites is 3. The number of non-ortho nitro benzene ring substituents is 1. The zero-order valence-electron chi connectivity index (χ0n) is 19.7. The van der Waals surface area contributed by atoms with Crippen molar-refractivity contribution in [3.63, 3.8) is 0 Å². The fraction of sp³-hybridized carbons (Fsp3) is 0.0345. The topological polar surface area (TPSA) is 79.0 Å². The van der Waals surface area contributed by atoms with Crippen molar-refractivity contribution in [3.8, 4) is 0 Å². The predicted molar refractivity (Wildman–Crippen MR) is 149 cm³/mol. The molecular weight excluding hydrogens is 484 g/mol. The fourth-order valence-electron chi connectivity index (χ4n) is 3.88. The zero-order valence-corrected chi connectivity index (χ0v) is 20.5. The monoisotopic (exact) mass is 506 g/mol. The van der Waals surface area contributed by atoms with Crippen LogP contribution in [0.2, 0.25) is 0 Å². The Morgan fingerprint density at radius 3 is 2.03 bits per heavy atom. The van der Waals surface area contributed by atoms with Crippen LogP contribution in [0.15, 0.2) is 125 Å². The summed E-state index contributed by atoms with van der Waals surface area (Å²) >= 11 is 1.25. The maximum Gasteiger partial charge on any atom is 0.270 e. The Bertz CT molecular complexity index is 1440. The van der Waals surface area contributed by atoms with E-state index in [2.05, 4.69) is 4.90 Å². The SMILES string of the molecule is O=C1/C(=C/c2cccc([N+](=O)[O-])c2)SC(=Nc2ccccc2)N1CN(c1ccccc1)c1ccccc1. The van der Waals surface area contributed by atoms with Crippen molar-refractivity contribution in [3.05, 3.63) is 136 Å². The summed E-state index contributed by atoms with van der Waals surface area (Å²) in [6.45, 7) is 0.234. The number of carbonyl (C=O) groups excluding carboxylic acids is 1. The molecule has 4 aromatic carbocycles. The van der Waals surface area contributed by atoms with E-state index in [9.17, 15) is 14.9 Å². The first kappa shape index (κ1) is 24.0. The lowest BCUT2D eigenvalue weighted by Gasteiger charge is -2.29. The molecule has 0 unspecified atom stereocenters. The van der Waals surface area contributed by atoms with Crippen molar-refractivity contribution < 1.29 is 9.72 Å². The number of benzene rings is 4. The van der Waals surface area contributed by atoms with Crippen molar-refractivity contribution in [1.29, 1.82) is 0 Å². The number of nitrogens with zero attached hydrogens (tertiary/aromatic N) is 4. The number of aliphatic imine (C=N–C) groups is 1. The molecule has 1 fully saturated rings. The Hall–Kier alpha value is -4.69. The van der Waals surface area contributed by atoms with Crippen LogP contribution in [-0.4, -0.2) is 27.6 Å². The van der Waals surface area contributed by atoms with Crippen molar-refractivity contribution in [2.45, 2.75) is 0 Å². The molecule has 1 saturated heterocycles. The largest absolute Gasteiger partial charge is 0.323 e. The second-order valence-corrected chi connectivity index (χ2v) is 9.18. The van der Waals surface area contributed by atoms with E-state index in [4.69, 9.17) is 4.99 Å². The van der Waals surface area contributed by atoms with Gasteiger partial charge in [-0.1, -0.05) is 66.7 Å². The number of hydrogen-bond donors (Lipinski definition) is 0. The normalized spacial score (nSPS) is 15.4. The van der Waals surface area contributed by atoms with Gasteiger partial charge in [0, 0.05) is 23.5 Å². The molecule has 1 amide bonds. The van der Waals surface area contributed by atoms with Crippen molar-refractivity contribution in [1.82, 2.24) is 4.90 Å². The number of nitro benzene ring substituents is 1. The highest BCUT2D eigenvalue weighted by molar-refractivity contribution is 8.18. The Labute approximate surface area is 218 Å². The number of anilines is 2. The first-order valence-corrected chi connectivity index (χ1v) is 12.4. The Morgan fingerprint density at radius 2 is 1.43 bits per heavy atom. The molecule has 0 spiro atoms. The second kappa shape index (κ2) is 10.9. The molecule has 8 heteroatoms. The van der Waals surface area contributed by atoms with E-state index in [1.165, 1.54) is 23.9 Å². The Kier molecular flexibility index (Phi) is 7.09. The van der Waals surface area contributed by atoms with Gasteiger partial charge in [-0.05, 0) is 59.8 Å². The van der Waals surface area contributed by atoms with Gasteiger partial charge in [0.15, 0.2) is 5.17 Å². The van der Waals surface area contributed by atoms with Gasteiger partial charge in [-0.25, -0.2) is 4.99 Å². The van der Waals surface area contributed by atoms with Crippen LogP contribution in [0.1, 0.15) is 5.56 Å². The number of carbonyl (C=O) groups is 1. The van der Waals surface area contributed by atoms with Crippen molar-refractivity contribution in [2.24, 2.45) is 4.99 Å². The van der Waals surface area contributed by atoms with Gasteiger partial charge in [0.25, 0.3) is 11.6 Å². The van der Waals surface area contributed by atoms with Gasteiger partial charge in [0.2, 0.25) is 0 Å². The lowest BCUT2D eigenvalue weighted by atomic mass is 10.2. The Morgan fingerprint density at radius 1 is 0.838 bits per heavy atom. The van der Waals surface area contributed by atoms with Crippen LogP contribution in [0.4, 0.5) is 22.7 Å². The van der Waals surface area contributed by atoms with Gasteiger partial charge in [-0.2, -0.15) is 0 Å². The lowest BCUT2D eigenvalue weighted by Crippen LogP contribution is -2.38. The molecule has 1 aliphatic rings. The maximum absolute atomic E-state index is 13.7. The van der Waals surface area contributed by atoms with Gasteiger partial charge in [0.05, 0.1) is 15.5 Å². The average molecular weight is 507 g/mol. The molecule has 5 rings (SSSR count). The average Bonchev–Trinajstić information content (AvgIpc) is 3.22. The van der Waals surface area contributed by atoms with Crippen molar-refractivity contribution >= 4 is 51.7 Å². The highest BCUT2D eigenvalue weighted by Gasteiger charge is 2.35. The molecule has 4 aromatic rings. The number of nitro groups is 1. The number of hydrogen-bond acceptors (Lipinski definition) is 6. The summed E-state index contributed by atoms with van der Waals surface area (Å²) in [5.74, 6) is -0.219. The van der Waals surface area contributed by atoms with Gasteiger partial charge in [0.1, 0.15) is 6.67 Å². The summed E-state index contributed by atoms with van der Waals surface area (Å²) in [7, 11) is 0. The van der Waals surface area contributed by atoms with Gasteiger partial charge >= 0.3 is 0 Å². The molecule has 0 aliphatic carbocycles. The molecule has 7 nitrogen and oxygen atoms in total. The molecule has 1 aliphatic heterocycles. The van der Waals surface area contributed by atoms with E-state index < -0.39 is 4.92 Å². The second-order valence-electron chi connectivity index (χ2n) is 8.17. The third kappa shape index (κ3) is 5.60. The van der Waals surface area contributed by atoms with Crippen LogP contribution in [0.5, 0.6) is 0 Å². The third-order valence-corrected chi connectivity index (χ3v) is 6.67. The summed E-state index contributed by atoms with van der Waals surface area (Å²) in [4.78, 5) is 33.4. The minimum atomic E-state index is -0.447. The maximum atomic E-state index is 13.7. The summed E-state index contributed by atoms with van der Waals surface area (Å²) < 4.78 is 0. The first-order chi connectivity index (χ1) is 18.1. The number of amides is 1. The van der Waals surface area contributed by atoms with Crippen molar-refractivity contribution in [2.75, 3.05) is 11.6 Å². The minimum absolute atomic E-state index is 0.0286. The molecule has 0 bridgehead atoms. The van der Waals surface area contributed by atoms with Gasteiger partial charge in [-0.15, -0.1) is 0 Å². The number of rotatable bonds is 7. The quantitative estimate of drug-likeness (QED) is 0.153. The van der Waals surface area contributed by atoms with E-state index in [0.29, 0.717) is 15.6 Å². The minimum Gasteiger partial charge on any atom is -0.323 e. The molecule has 0 radical (unpaired) electrons. The molecule has 0 N–H and O–H groups in total. The van der Waals surface area contributed by atoms with Gasteiger partial charge in [-0.3, -0.25) is 19.8 Å². The summed E-state index contributed by atoms with van der Waals surface area (Å²) in [5, 5.41) is 11.8. The van der Waals surface area contributed by atoms with Crippen LogP contribution >= 0.6 is 11.8 Å². The molecule has 0 atom stereocenters. The molecular formula is C29H22N4O3S. The van der Waals surface area contributed by atoms with Crippen LogP contribution in [0.25, 0.3) is 6.08 Å². The van der Waals surface area contributed by atoms with E-state index >= 15 is 0 Å². The van der Waals surface area contributed by atoms with E-state index in [1.54, 1.807) is 23.1 Å². The van der Waals surface area contributed by atoms with Crippen LogP contribution < -0.4 is 4.90 Å². The highest BCUT2D eigenvalue weighted by Crippen LogP contribution is 2.36. The van der Waals surface area contributed by atoms with Gasteiger partial charge < -0.3 is 4.90 Å². The van der Waals surface area contributed by atoms with Crippen LogP contribution in [0, 0.1) is 10.1 Å². The molecule has 0 aromatic heterocycles. The predicted octanol–water partition coefficient (Wildman–Crippen LogP) is 6.99.